The van der Waals surface area contributed by atoms with Crippen LogP contribution in [0.3, 0.4) is 0 Å². The number of rotatable bonds is 15. The molecule has 2 aromatic carbocycles. The zero-order chi connectivity index (χ0) is 25.5. The van der Waals surface area contributed by atoms with Crippen LogP contribution in [0.25, 0.3) is 0 Å². The van der Waals surface area contributed by atoms with Gasteiger partial charge in [-0.3, -0.25) is 0 Å². The Morgan fingerprint density at radius 3 is 1.80 bits per heavy atom. The Bertz CT molecular complexity index is 919. The van der Waals surface area contributed by atoms with Gasteiger partial charge in [0, 0.05) is 0 Å². The van der Waals surface area contributed by atoms with Gasteiger partial charge in [-0.1, -0.05) is 51.9 Å². The molecule has 0 saturated carbocycles. The minimum Gasteiger partial charge on any atom is -0.494 e. The molecule has 0 aliphatic heterocycles. The predicted molar refractivity (Wildman–Crippen MR) is 133 cm³/mol. The summed E-state index contributed by atoms with van der Waals surface area (Å²) in [4.78, 5) is 35.9. The number of hydrogen-bond donors (Lipinski definition) is 0. The summed E-state index contributed by atoms with van der Waals surface area (Å²) in [6.45, 7) is 4.31. The number of hydrogen-bond acceptors (Lipinski definition) is 7. The highest BCUT2D eigenvalue weighted by Crippen LogP contribution is 2.18. The van der Waals surface area contributed by atoms with Crippen LogP contribution >= 0.6 is 0 Å². The fourth-order valence-electron chi connectivity index (χ4n) is 3.38. The van der Waals surface area contributed by atoms with Crippen molar-refractivity contribution in [2.24, 2.45) is 0 Å². The Balaban J connectivity index is 1.73. The highest BCUT2D eigenvalue weighted by atomic mass is 16.6. The first-order valence-corrected chi connectivity index (χ1v) is 12.3. The van der Waals surface area contributed by atoms with Crippen LogP contribution in [0.2, 0.25) is 0 Å². The van der Waals surface area contributed by atoms with Gasteiger partial charge in [0.25, 0.3) is 0 Å². The lowest BCUT2D eigenvalue weighted by atomic mass is 10.1. The van der Waals surface area contributed by atoms with Crippen LogP contribution in [0.4, 0.5) is 0 Å². The van der Waals surface area contributed by atoms with Crippen molar-refractivity contribution in [3.8, 4) is 11.5 Å². The molecule has 35 heavy (non-hydrogen) atoms. The van der Waals surface area contributed by atoms with Gasteiger partial charge < -0.3 is 18.9 Å². The molecule has 7 heteroatoms. The number of unbranched alkanes of at least 4 members (excludes halogenated alkanes) is 7. The van der Waals surface area contributed by atoms with Gasteiger partial charge in [0.15, 0.2) is 6.10 Å². The Kier molecular flexibility index (Phi) is 12.4. The summed E-state index contributed by atoms with van der Waals surface area (Å²) in [6, 6.07) is 12.7. The van der Waals surface area contributed by atoms with E-state index in [4.69, 9.17) is 14.2 Å². The Morgan fingerprint density at radius 1 is 0.714 bits per heavy atom. The van der Waals surface area contributed by atoms with Crippen LogP contribution in [0.5, 0.6) is 11.5 Å². The third-order valence-electron chi connectivity index (χ3n) is 5.47. The van der Waals surface area contributed by atoms with E-state index in [-0.39, 0.29) is 11.3 Å². The molecular weight excluding hydrogens is 448 g/mol. The second-order valence-electron chi connectivity index (χ2n) is 8.33. The molecule has 0 unspecified atom stereocenters. The van der Waals surface area contributed by atoms with Crippen molar-refractivity contribution in [1.29, 1.82) is 0 Å². The number of carbonyl (C=O) groups is 3. The molecule has 0 fully saturated rings. The first-order chi connectivity index (χ1) is 16.9. The lowest BCUT2D eigenvalue weighted by molar-refractivity contribution is -0.149. The first kappa shape index (κ1) is 27.9. The van der Waals surface area contributed by atoms with Crippen molar-refractivity contribution in [3.63, 3.8) is 0 Å². The third-order valence-corrected chi connectivity index (χ3v) is 5.47. The van der Waals surface area contributed by atoms with Crippen molar-refractivity contribution in [2.45, 2.75) is 71.3 Å². The van der Waals surface area contributed by atoms with Gasteiger partial charge in [-0.15, -0.1) is 0 Å². The zero-order valence-electron chi connectivity index (χ0n) is 20.9. The highest BCUT2D eigenvalue weighted by molar-refractivity contribution is 5.92. The highest BCUT2D eigenvalue weighted by Gasteiger charge is 2.19. The minimum atomic E-state index is -1.02. The molecule has 0 aliphatic rings. The Hall–Kier alpha value is -3.35. The minimum absolute atomic E-state index is 0.221. The molecule has 2 rings (SSSR count). The molecule has 0 heterocycles. The predicted octanol–water partition coefficient (Wildman–Crippen LogP) is 6.14. The summed E-state index contributed by atoms with van der Waals surface area (Å²) >= 11 is 0. The van der Waals surface area contributed by atoms with E-state index >= 15 is 0 Å². The van der Waals surface area contributed by atoms with E-state index in [1.54, 1.807) is 24.3 Å². The van der Waals surface area contributed by atoms with Gasteiger partial charge in [0.05, 0.1) is 24.8 Å². The SMILES string of the molecule is CCCCCCCCCCOc1ccc(C(=O)Oc2ccc(C(=O)O[C@@H](C)C(=O)OC)cc2)cc1. The summed E-state index contributed by atoms with van der Waals surface area (Å²) in [7, 11) is 1.22. The standard InChI is InChI=1S/C28H36O7/c1-4-5-6-7-8-9-10-11-20-33-24-16-12-23(13-17-24)28(31)35-25-18-14-22(15-19-25)27(30)34-21(2)26(29)32-3/h12-19,21H,4-11,20H2,1-3H3/t21-/m0/s1. The van der Waals surface area contributed by atoms with E-state index in [1.807, 2.05) is 0 Å². The van der Waals surface area contributed by atoms with Crippen molar-refractivity contribution in [1.82, 2.24) is 0 Å². The average Bonchev–Trinajstić information content (AvgIpc) is 2.87. The molecule has 0 spiro atoms. The van der Waals surface area contributed by atoms with Crippen molar-refractivity contribution in [3.05, 3.63) is 59.7 Å². The number of carbonyl (C=O) groups excluding carboxylic acids is 3. The quantitative estimate of drug-likeness (QED) is 0.170. The second-order valence-corrected chi connectivity index (χ2v) is 8.33. The largest absolute Gasteiger partial charge is 0.494 e. The van der Waals surface area contributed by atoms with E-state index in [1.165, 1.54) is 76.8 Å². The molecule has 0 amide bonds. The van der Waals surface area contributed by atoms with E-state index in [0.717, 1.165) is 12.8 Å². The van der Waals surface area contributed by atoms with E-state index in [2.05, 4.69) is 11.7 Å². The Labute approximate surface area is 207 Å². The van der Waals surface area contributed by atoms with Gasteiger partial charge >= 0.3 is 17.9 Å². The average molecular weight is 485 g/mol. The van der Waals surface area contributed by atoms with E-state index in [0.29, 0.717) is 17.9 Å². The number of methoxy groups -OCH3 is 1. The number of esters is 3. The fraction of sp³-hybridized carbons (Fsp3) is 0.464. The second kappa shape index (κ2) is 15.5. The molecule has 0 aliphatic carbocycles. The molecule has 190 valence electrons. The van der Waals surface area contributed by atoms with Crippen LogP contribution in [0.15, 0.2) is 48.5 Å². The molecule has 2 aromatic rings. The van der Waals surface area contributed by atoms with E-state index in [9.17, 15) is 14.4 Å². The van der Waals surface area contributed by atoms with Gasteiger partial charge in [0.1, 0.15) is 11.5 Å². The van der Waals surface area contributed by atoms with Crippen LogP contribution in [-0.4, -0.2) is 37.7 Å². The maximum atomic E-state index is 12.4. The van der Waals surface area contributed by atoms with Crippen LogP contribution in [0, 0.1) is 0 Å². The fourth-order valence-corrected chi connectivity index (χ4v) is 3.38. The molecule has 0 saturated heterocycles. The maximum Gasteiger partial charge on any atom is 0.346 e. The van der Waals surface area contributed by atoms with Crippen LogP contribution in [-0.2, 0) is 14.3 Å². The summed E-state index contributed by atoms with van der Waals surface area (Å²) in [5.74, 6) is -0.845. The Morgan fingerprint density at radius 2 is 1.23 bits per heavy atom. The van der Waals surface area contributed by atoms with Crippen LogP contribution in [0.1, 0.15) is 85.9 Å². The summed E-state index contributed by atoms with van der Waals surface area (Å²) in [5.41, 5.74) is 0.610. The molecule has 0 radical (unpaired) electrons. The van der Waals surface area contributed by atoms with Gasteiger partial charge in [0.2, 0.25) is 0 Å². The smallest absolute Gasteiger partial charge is 0.346 e. The van der Waals surface area contributed by atoms with Gasteiger partial charge in [-0.05, 0) is 61.9 Å². The van der Waals surface area contributed by atoms with Gasteiger partial charge in [-0.25, -0.2) is 14.4 Å². The van der Waals surface area contributed by atoms with Crippen molar-refractivity contribution in [2.75, 3.05) is 13.7 Å². The zero-order valence-corrected chi connectivity index (χ0v) is 20.9. The molecule has 0 bridgehead atoms. The van der Waals surface area contributed by atoms with Crippen molar-refractivity contribution < 1.29 is 33.3 Å². The number of benzene rings is 2. The first-order valence-electron chi connectivity index (χ1n) is 12.3. The lowest BCUT2D eigenvalue weighted by Crippen LogP contribution is -2.25. The number of ether oxygens (including phenoxy) is 4. The molecular formula is C28H36O7. The molecule has 0 aromatic heterocycles. The van der Waals surface area contributed by atoms with Crippen molar-refractivity contribution >= 4 is 17.9 Å². The third kappa shape index (κ3) is 10.2. The van der Waals surface area contributed by atoms with E-state index < -0.39 is 24.0 Å². The lowest BCUT2D eigenvalue weighted by Gasteiger charge is -2.11. The summed E-state index contributed by atoms with van der Waals surface area (Å²) in [5, 5.41) is 0. The normalized spacial score (nSPS) is 11.4. The molecule has 1 atom stereocenters. The topological polar surface area (TPSA) is 88.1 Å². The maximum absolute atomic E-state index is 12.4. The summed E-state index contributed by atoms with van der Waals surface area (Å²) < 4.78 is 20.7. The molecule has 7 nitrogen and oxygen atoms in total. The van der Waals surface area contributed by atoms with Crippen LogP contribution < -0.4 is 9.47 Å². The molecule has 0 N–H and O–H groups in total. The summed E-state index contributed by atoms with van der Waals surface area (Å²) in [6.07, 6.45) is 8.95. The monoisotopic (exact) mass is 484 g/mol. The van der Waals surface area contributed by atoms with Gasteiger partial charge in [-0.2, -0.15) is 0 Å².